The lowest BCUT2D eigenvalue weighted by Gasteiger charge is -2.26. The van der Waals surface area contributed by atoms with Gasteiger partial charge in [0.2, 0.25) is 0 Å². The standard InChI is InChI=1S/C17H24N2O3/c1-11-6-7-12(15(20)18-13-8-9-13)10-14(11)19-21-16(2,3)17(4,5)22-19/h6-7,10,13H,8-9H2,1-5H3,(H,18,20). The maximum absolute atomic E-state index is 12.2. The third-order valence-corrected chi connectivity index (χ3v) is 4.65. The van der Waals surface area contributed by atoms with Gasteiger partial charge >= 0.3 is 0 Å². The zero-order chi connectivity index (χ0) is 16.1. The van der Waals surface area contributed by atoms with Gasteiger partial charge in [-0.05, 0) is 65.2 Å². The van der Waals surface area contributed by atoms with E-state index in [9.17, 15) is 4.79 Å². The molecular formula is C17H24N2O3. The first-order chi connectivity index (χ1) is 10.2. The molecule has 1 amide bonds. The highest BCUT2D eigenvalue weighted by molar-refractivity contribution is 5.95. The minimum Gasteiger partial charge on any atom is -0.349 e. The molecule has 22 heavy (non-hydrogen) atoms. The molecule has 0 unspecified atom stereocenters. The van der Waals surface area contributed by atoms with E-state index in [1.807, 2.05) is 52.8 Å². The van der Waals surface area contributed by atoms with Gasteiger partial charge in [0.25, 0.3) is 5.91 Å². The third-order valence-electron chi connectivity index (χ3n) is 4.65. The van der Waals surface area contributed by atoms with Crippen molar-refractivity contribution in [1.29, 1.82) is 0 Å². The SMILES string of the molecule is Cc1ccc(C(=O)NC2CC2)cc1N1OC(C)(C)C(C)(C)O1. The molecule has 2 fully saturated rings. The highest BCUT2D eigenvalue weighted by atomic mass is 17.0. The Morgan fingerprint density at radius 2 is 1.77 bits per heavy atom. The number of hydrogen-bond acceptors (Lipinski definition) is 4. The Kier molecular flexibility index (Phi) is 3.45. The predicted octanol–water partition coefficient (Wildman–Crippen LogP) is 3.13. The number of anilines is 1. The van der Waals surface area contributed by atoms with Crippen molar-refractivity contribution in [3.63, 3.8) is 0 Å². The molecule has 1 saturated carbocycles. The fourth-order valence-electron chi connectivity index (χ4n) is 2.20. The van der Waals surface area contributed by atoms with E-state index in [0.29, 0.717) is 11.6 Å². The topological polar surface area (TPSA) is 50.8 Å². The first-order valence-electron chi connectivity index (χ1n) is 7.79. The summed E-state index contributed by atoms with van der Waals surface area (Å²) in [6, 6.07) is 5.92. The number of carbonyl (C=O) groups excluding carboxylic acids is 1. The summed E-state index contributed by atoms with van der Waals surface area (Å²) in [6.45, 7) is 9.94. The molecule has 0 atom stereocenters. The molecule has 2 aliphatic rings. The van der Waals surface area contributed by atoms with Crippen LogP contribution in [0.25, 0.3) is 0 Å². The van der Waals surface area contributed by atoms with Gasteiger partial charge < -0.3 is 5.32 Å². The van der Waals surface area contributed by atoms with Crippen molar-refractivity contribution >= 4 is 11.6 Å². The van der Waals surface area contributed by atoms with E-state index in [4.69, 9.17) is 9.68 Å². The van der Waals surface area contributed by atoms with E-state index in [0.717, 1.165) is 24.1 Å². The molecular weight excluding hydrogens is 280 g/mol. The molecule has 0 aromatic heterocycles. The summed E-state index contributed by atoms with van der Waals surface area (Å²) in [5, 5.41) is 4.45. The van der Waals surface area contributed by atoms with Gasteiger partial charge in [-0.15, -0.1) is 5.23 Å². The van der Waals surface area contributed by atoms with Crippen LogP contribution in [0.2, 0.25) is 0 Å². The Bertz CT molecular complexity index is 590. The Hall–Kier alpha value is -1.59. The highest BCUT2D eigenvalue weighted by Crippen LogP contribution is 2.40. The molecule has 3 rings (SSSR count). The number of benzene rings is 1. The number of carbonyl (C=O) groups is 1. The van der Waals surface area contributed by atoms with Gasteiger partial charge in [0.05, 0.1) is 5.69 Å². The molecule has 1 aliphatic carbocycles. The fourth-order valence-corrected chi connectivity index (χ4v) is 2.20. The van der Waals surface area contributed by atoms with Crippen molar-refractivity contribution in [2.24, 2.45) is 0 Å². The molecule has 1 saturated heterocycles. The Labute approximate surface area is 131 Å². The molecule has 0 radical (unpaired) electrons. The highest BCUT2D eigenvalue weighted by Gasteiger charge is 2.50. The van der Waals surface area contributed by atoms with Crippen molar-refractivity contribution in [2.75, 3.05) is 5.23 Å². The predicted molar refractivity (Wildman–Crippen MR) is 84.5 cm³/mol. The van der Waals surface area contributed by atoms with E-state index in [-0.39, 0.29) is 5.91 Å². The normalized spacial score (nSPS) is 22.7. The second kappa shape index (κ2) is 4.96. The molecule has 1 aliphatic heterocycles. The summed E-state index contributed by atoms with van der Waals surface area (Å²) in [5.41, 5.74) is 1.48. The van der Waals surface area contributed by atoms with Crippen LogP contribution in [0.5, 0.6) is 0 Å². The molecule has 120 valence electrons. The molecule has 1 aromatic rings. The van der Waals surface area contributed by atoms with Gasteiger partial charge in [0, 0.05) is 11.6 Å². The molecule has 1 heterocycles. The summed E-state index contributed by atoms with van der Waals surface area (Å²) in [6.07, 6.45) is 2.15. The minimum absolute atomic E-state index is 0.0403. The van der Waals surface area contributed by atoms with E-state index < -0.39 is 11.2 Å². The Balaban J connectivity index is 1.86. The molecule has 0 bridgehead atoms. The lowest BCUT2D eigenvalue weighted by Crippen LogP contribution is -2.41. The number of nitrogens with zero attached hydrogens (tertiary/aromatic N) is 1. The largest absolute Gasteiger partial charge is 0.349 e. The molecule has 5 nitrogen and oxygen atoms in total. The maximum atomic E-state index is 12.2. The average Bonchev–Trinajstić information content (AvgIpc) is 3.17. The van der Waals surface area contributed by atoms with Crippen LogP contribution in [0.1, 0.15) is 56.5 Å². The van der Waals surface area contributed by atoms with Crippen LogP contribution in [0.3, 0.4) is 0 Å². The summed E-state index contributed by atoms with van der Waals surface area (Å²) >= 11 is 0. The summed E-state index contributed by atoms with van der Waals surface area (Å²) in [5.74, 6) is -0.0403. The summed E-state index contributed by atoms with van der Waals surface area (Å²) < 4.78 is 0. The fraction of sp³-hybridized carbons (Fsp3) is 0.588. The van der Waals surface area contributed by atoms with E-state index in [2.05, 4.69) is 5.32 Å². The number of amides is 1. The zero-order valence-corrected chi connectivity index (χ0v) is 13.9. The lowest BCUT2D eigenvalue weighted by molar-refractivity contribution is -0.0275. The van der Waals surface area contributed by atoms with Gasteiger partial charge in [-0.3, -0.25) is 4.79 Å². The smallest absolute Gasteiger partial charge is 0.251 e. The van der Waals surface area contributed by atoms with E-state index in [1.165, 1.54) is 5.23 Å². The Morgan fingerprint density at radius 1 is 1.18 bits per heavy atom. The molecule has 0 spiro atoms. The van der Waals surface area contributed by atoms with Crippen molar-refractivity contribution < 1.29 is 14.5 Å². The van der Waals surface area contributed by atoms with Crippen LogP contribution in [-0.2, 0) is 9.68 Å². The van der Waals surface area contributed by atoms with Crippen molar-refractivity contribution in [1.82, 2.24) is 5.32 Å². The molecule has 1 aromatic carbocycles. The van der Waals surface area contributed by atoms with E-state index in [1.54, 1.807) is 0 Å². The zero-order valence-electron chi connectivity index (χ0n) is 13.9. The van der Waals surface area contributed by atoms with Gasteiger partial charge in [-0.1, -0.05) is 6.07 Å². The van der Waals surface area contributed by atoms with E-state index >= 15 is 0 Å². The summed E-state index contributed by atoms with van der Waals surface area (Å²) in [7, 11) is 0. The quantitative estimate of drug-likeness (QED) is 0.932. The van der Waals surface area contributed by atoms with Crippen LogP contribution in [0.15, 0.2) is 18.2 Å². The first-order valence-corrected chi connectivity index (χ1v) is 7.79. The lowest BCUT2D eigenvalue weighted by atomic mass is 9.90. The van der Waals surface area contributed by atoms with Gasteiger partial charge in [0.1, 0.15) is 11.2 Å². The number of hydrogen-bond donors (Lipinski definition) is 1. The van der Waals surface area contributed by atoms with Crippen molar-refractivity contribution in [3.05, 3.63) is 29.3 Å². The van der Waals surface area contributed by atoms with Crippen LogP contribution in [0, 0.1) is 6.92 Å². The molecule has 5 heteroatoms. The van der Waals surface area contributed by atoms with Crippen LogP contribution >= 0.6 is 0 Å². The van der Waals surface area contributed by atoms with Crippen LogP contribution in [0.4, 0.5) is 5.69 Å². The number of aryl methyl sites for hydroxylation is 1. The monoisotopic (exact) mass is 304 g/mol. The van der Waals surface area contributed by atoms with Gasteiger partial charge in [-0.2, -0.15) is 0 Å². The summed E-state index contributed by atoms with van der Waals surface area (Å²) in [4.78, 5) is 24.1. The number of nitrogens with one attached hydrogen (secondary N) is 1. The first kappa shape index (κ1) is 15.3. The average molecular weight is 304 g/mol. The second-order valence-electron chi connectivity index (χ2n) is 7.21. The van der Waals surface area contributed by atoms with Crippen molar-refractivity contribution in [2.45, 2.75) is 64.7 Å². The third kappa shape index (κ3) is 2.71. The van der Waals surface area contributed by atoms with Gasteiger partial charge in [0.15, 0.2) is 0 Å². The number of rotatable bonds is 3. The Morgan fingerprint density at radius 3 is 2.32 bits per heavy atom. The minimum atomic E-state index is -0.453. The van der Waals surface area contributed by atoms with Crippen LogP contribution < -0.4 is 10.5 Å². The van der Waals surface area contributed by atoms with Crippen molar-refractivity contribution in [3.8, 4) is 0 Å². The maximum Gasteiger partial charge on any atom is 0.251 e. The van der Waals surface area contributed by atoms with Gasteiger partial charge in [-0.25, -0.2) is 9.68 Å². The van der Waals surface area contributed by atoms with Crippen LogP contribution in [-0.4, -0.2) is 23.2 Å². The second-order valence-corrected chi connectivity index (χ2v) is 7.21. The molecule has 1 N–H and O–H groups in total.